The van der Waals surface area contributed by atoms with Crippen LogP contribution in [0.3, 0.4) is 0 Å². The fraction of sp³-hybridized carbons (Fsp3) is 0.550. The molecule has 4 heteroatoms. The summed E-state index contributed by atoms with van der Waals surface area (Å²) in [5, 5.41) is 4.33. The van der Waals surface area contributed by atoms with Crippen LogP contribution in [0.4, 0.5) is 0 Å². The molecule has 1 N–H and O–H groups in total. The molecule has 2 aliphatic heterocycles. The van der Waals surface area contributed by atoms with Crippen molar-refractivity contribution in [3.63, 3.8) is 0 Å². The number of fused-ring (bicyclic) bond motifs is 2. The van der Waals surface area contributed by atoms with Crippen LogP contribution in [0.1, 0.15) is 42.5 Å². The van der Waals surface area contributed by atoms with Gasteiger partial charge >= 0.3 is 0 Å². The molecule has 0 spiro atoms. The highest BCUT2D eigenvalue weighted by atomic mass is 16.1. The van der Waals surface area contributed by atoms with Crippen molar-refractivity contribution in [2.45, 2.75) is 38.1 Å². The maximum atomic E-state index is 12.6. The van der Waals surface area contributed by atoms with Gasteiger partial charge in [0.05, 0.1) is 0 Å². The molecular weight excluding hydrogens is 298 g/mol. The van der Waals surface area contributed by atoms with E-state index in [2.05, 4.69) is 20.9 Å². The van der Waals surface area contributed by atoms with E-state index < -0.39 is 0 Å². The van der Waals surface area contributed by atoms with Crippen LogP contribution in [-0.4, -0.2) is 41.1 Å². The third-order valence-corrected chi connectivity index (χ3v) is 5.90. The molecule has 4 nitrogen and oxygen atoms in total. The first kappa shape index (κ1) is 15.7. The topological polar surface area (TPSA) is 37.3 Å². The highest BCUT2D eigenvalue weighted by Gasteiger charge is 2.32. The molecule has 2 atom stereocenters. The van der Waals surface area contributed by atoms with Gasteiger partial charge in [-0.2, -0.15) is 0 Å². The average molecular weight is 325 g/mol. The van der Waals surface area contributed by atoms with Crippen LogP contribution in [0.15, 0.2) is 30.5 Å². The third kappa shape index (κ3) is 2.95. The summed E-state index contributed by atoms with van der Waals surface area (Å²) in [6, 6.07) is 8.72. The SMILES string of the molecule is Cn1ccc2cc(C(=O)NC[C@H]3CCCN4CCCC[C@@H]34)ccc21. The number of hydrogen-bond acceptors (Lipinski definition) is 2. The van der Waals surface area contributed by atoms with Crippen molar-refractivity contribution in [1.82, 2.24) is 14.8 Å². The van der Waals surface area contributed by atoms with Crippen molar-refractivity contribution in [2.75, 3.05) is 19.6 Å². The van der Waals surface area contributed by atoms with Gasteiger partial charge in [0.15, 0.2) is 0 Å². The van der Waals surface area contributed by atoms with Gasteiger partial charge in [0.1, 0.15) is 0 Å². The Morgan fingerprint density at radius 2 is 2.04 bits per heavy atom. The zero-order valence-electron chi connectivity index (χ0n) is 14.5. The standard InChI is InChI=1S/C20H27N3O/c1-22-12-9-15-13-16(7-8-18(15)22)20(24)21-14-17-5-4-11-23-10-3-2-6-19(17)23/h7-9,12-13,17,19H,2-6,10-11,14H2,1H3,(H,21,24)/t17-,19+/m1/s1. The summed E-state index contributed by atoms with van der Waals surface area (Å²) in [6.07, 6.45) is 8.54. The molecule has 1 aromatic carbocycles. The van der Waals surface area contributed by atoms with Crippen LogP contribution >= 0.6 is 0 Å². The van der Waals surface area contributed by atoms with E-state index in [-0.39, 0.29) is 5.91 Å². The lowest BCUT2D eigenvalue weighted by Gasteiger charge is -2.44. The van der Waals surface area contributed by atoms with Crippen molar-refractivity contribution >= 4 is 16.8 Å². The molecular formula is C20H27N3O. The summed E-state index contributed by atoms with van der Waals surface area (Å²) in [5.74, 6) is 0.678. The maximum Gasteiger partial charge on any atom is 0.251 e. The molecule has 24 heavy (non-hydrogen) atoms. The number of piperidine rings is 2. The van der Waals surface area contributed by atoms with Gasteiger partial charge in [-0.25, -0.2) is 0 Å². The number of benzene rings is 1. The van der Waals surface area contributed by atoms with Crippen molar-refractivity contribution in [3.8, 4) is 0 Å². The van der Waals surface area contributed by atoms with E-state index in [0.29, 0.717) is 12.0 Å². The predicted molar refractivity (Wildman–Crippen MR) is 97.2 cm³/mol. The molecule has 128 valence electrons. The van der Waals surface area contributed by atoms with E-state index in [1.807, 2.05) is 31.4 Å². The van der Waals surface area contributed by atoms with E-state index in [0.717, 1.165) is 23.0 Å². The number of aromatic nitrogens is 1. The Morgan fingerprint density at radius 3 is 2.96 bits per heavy atom. The minimum atomic E-state index is 0.0636. The molecule has 2 fully saturated rings. The smallest absolute Gasteiger partial charge is 0.251 e. The minimum absolute atomic E-state index is 0.0636. The van der Waals surface area contributed by atoms with E-state index in [1.54, 1.807) is 0 Å². The van der Waals surface area contributed by atoms with Crippen LogP contribution in [0.5, 0.6) is 0 Å². The molecule has 0 radical (unpaired) electrons. The number of amides is 1. The molecule has 0 saturated carbocycles. The summed E-state index contributed by atoms with van der Waals surface area (Å²) < 4.78 is 2.08. The number of carbonyl (C=O) groups excluding carboxylic acids is 1. The van der Waals surface area contributed by atoms with Gasteiger partial charge in [-0.3, -0.25) is 4.79 Å². The Bertz CT molecular complexity index is 734. The summed E-state index contributed by atoms with van der Waals surface area (Å²) in [7, 11) is 2.03. The van der Waals surface area contributed by atoms with E-state index in [9.17, 15) is 4.79 Å². The lowest BCUT2D eigenvalue weighted by Crippen LogP contribution is -2.51. The van der Waals surface area contributed by atoms with Crippen LogP contribution in [0, 0.1) is 5.92 Å². The second kappa shape index (κ2) is 6.60. The number of carbonyl (C=O) groups is 1. The molecule has 2 saturated heterocycles. The monoisotopic (exact) mass is 325 g/mol. The predicted octanol–water partition coefficient (Wildman–Crippen LogP) is 3.17. The lowest BCUT2D eigenvalue weighted by molar-refractivity contribution is 0.0575. The molecule has 0 bridgehead atoms. The van der Waals surface area contributed by atoms with Gasteiger partial charge in [-0.15, -0.1) is 0 Å². The summed E-state index contributed by atoms with van der Waals surface area (Å²) in [5.41, 5.74) is 1.93. The second-order valence-electron chi connectivity index (χ2n) is 7.41. The van der Waals surface area contributed by atoms with E-state index in [1.165, 1.54) is 45.2 Å². The van der Waals surface area contributed by atoms with Crippen LogP contribution in [-0.2, 0) is 7.05 Å². The number of nitrogens with one attached hydrogen (secondary N) is 1. The van der Waals surface area contributed by atoms with Crippen molar-refractivity contribution in [2.24, 2.45) is 13.0 Å². The number of hydrogen-bond donors (Lipinski definition) is 1. The number of rotatable bonds is 3. The zero-order valence-corrected chi connectivity index (χ0v) is 14.5. The fourth-order valence-electron chi connectivity index (χ4n) is 4.56. The van der Waals surface area contributed by atoms with E-state index >= 15 is 0 Å². The van der Waals surface area contributed by atoms with Crippen molar-refractivity contribution in [3.05, 3.63) is 36.0 Å². The van der Waals surface area contributed by atoms with Crippen LogP contribution < -0.4 is 5.32 Å². The normalized spacial score (nSPS) is 24.7. The molecule has 1 aromatic heterocycles. The highest BCUT2D eigenvalue weighted by molar-refractivity contribution is 5.98. The van der Waals surface area contributed by atoms with Crippen LogP contribution in [0.2, 0.25) is 0 Å². The van der Waals surface area contributed by atoms with Crippen molar-refractivity contribution in [1.29, 1.82) is 0 Å². The van der Waals surface area contributed by atoms with Gasteiger partial charge in [0.2, 0.25) is 0 Å². The Labute approximate surface area is 143 Å². The molecule has 3 heterocycles. The van der Waals surface area contributed by atoms with Crippen molar-refractivity contribution < 1.29 is 4.79 Å². The van der Waals surface area contributed by atoms with Crippen LogP contribution in [0.25, 0.3) is 10.9 Å². The highest BCUT2D eigenvalue weighted by Crippen LogP contribution is 2.30. The zero-order chi connectivity index (χ0) is 16.5. The molecule has 2 aliphatic rings. The maximum absolute atomic E-state index is 12.6. The van der Waals surface area contributed by atoms with Gasteiger partial charge in [0, 0.05) is 42.3 Å². The first-order chi connectivity index (χ1) is 11.7. The number of aryl methyl sites for hydroxylation is 1. The summed E-state index contributed by atoms with van der Waals surface area (Å²) in [6.45, 7) is 3.31. The van der Waals surface area contributed by atoms with E-state index in [4.69, 9.17) is 0 Å². The Kier molecular flexibility index (Phi) is 4.31. The quantitative estimate of drug-likeness (QED) is 0.941. The molecule has 4 rings (SSSR count). The van der Waals surface area contributed by atoms with Gasteiger partial charge in [-0.1, -0.05) is 6.42 Å². The fourth-order valence-corrected chi connectivity index (χ4v) is 4.56. The minimum Gasteiger partial charge on any atom is -0.352 e. The Balaban J connectivity index is 1.41. The Morgan fingerprint density at radius 1 is 1.17 bits per heavy atom. The first-order valence-corrected chi connectivity index (χ1v) is 9.30. The molecule has 1 amide bonds. The van der Waals surface area contributed by atoms with Gasteiger partial charge < -0.3 is 14.8 Å². The second-order valence-corrected chi connectivity index (χ2v) is 7.41. The molecule has 2 aromatic rings. The summed E-state index contributed by atoms with van der Waals surface area (Å²) in [4.78, 5) is 15.2. The Hall–Kier alpha value is -1.81. The third-order valence-electron chi connectivity index (χ3n) is 5.90. The van der Waals surface area contributed by atoms with Gasteiger partial charge in [0.25, 0.3) is 5.91 Å². The average Bonchev–Trinajstić information content (AvgIpc) is 3.00. The largest absolute Gasteiger partial charge is 0.352 e. The summed E-state index contributed by atoms with van der Waals surface area (Å²) >= 11 is 0. The number of nitrogens with zero attached hydrogens (tertiary/aromatic N) is 2. The molecule has 0 aliphatic carbocycles. The van der Waals surface area contributed by atoms with Gasteiger partial charge in [-0.05, 0) is 69.0 Å². The molecule has 0 unspecified atom stereocenters. The first-order valence-electron chi connectivity index (χ1n) is 9.30. The lowest BCUT2D eigenvalue weighted by atomic mass is 9.83.